The minimum Gasteiger partial charge on any atom is -0.338 e. The maximum atomic E-state index is 12.8. The van der Waals surface area contributed by atoms with Gasteiger partial charge in [0.1, 0.15) is 21.0 Å². The van der Waals surface area contributed by atoms with Crippen molar-refractivity contribution in [3.05, 3.63) is 46.0 Å². The highest BCUT2D eigenvalue weighted by molar-refractivity contribution is 7.90. The first-order valence-corrected chi connectivity index (χ1v) is 10.3. The second-order valence-electron chi connectivity index (χ2n) is 6.69. The molecule has 0 radical (unpaired) electrons. The van der Waals surface area contributed by atoms with Crippen molar-refractivity contribution in [2.75, 3.05) is 25.1 Å². The molecule has 1 atom stereocenters. The number of amides is 1. The number of fused-ring (bicyclic) bond motifs is 1. The Hall–Kier alpha value is -2.22. The maximum absolute atomic E-state index is 12.8. The van der Waals surface area contributed by atoms with Gasteiger partial charge in [-0.3, -0.25) is 14.0 Å². The molecule has 134 valence electrons. The first-order chi connectivity index (χ1) is 11.8. The molecule has 25 heavy (non-hydrogen) atoms. The van der Waals surface area contributed by atoms with E-state index in [0.29, 0.717) is 24.4 Å². The molecule has 7 nitrogen and oxygen atoms in total. The molecule has 0 spiro atoms. The molecule has 1 aliphatic heterocycles. The number of aryl methyl sites for hydroxylation is 1. The summed E-state index contributed by atoms with van der Waals surface area (Å²) in [5.41, 5.74) is 0.832. The lowest BCUT2D eigenvalue weighted by atomic mass is 9.99. The monoisotopic (exact) mass is 363 g/mol. The number of pyridine rings is 1. The Morgan fingerprint density at radius 2 is 2.12 bits per heavy atom. The van der Waals surface area contributed by atoms with E-state index in [-0.39, 0.29) is 23.1 Å². The summed E-state index contributed by atoms with van der Waals surface area (Å²) in [5, 5.41) is 0. The maximum Gasteiger partial charge on any atom is 0.270 e. The van der Waals surface area contributed by atoms with E-state index in [4.69, 9.17) is 0 Å². The molecular formula is C17H21N3O4S. The molecular weight excluding hydrogens is 342 g/mol. The van der Waals surface area contributed by atoms with Gasteiger partial charge in [-0.05, 0) is 37.8 Å². The van der Waals surface area contributed by atoms with Crippen LogP contribution in [0.25, 0.3) is 5.65 Å². The molecule has 0 bridgehead atoms. The summed E-state index contributed by atoms with van der Waals surface area (Å²) < 4.78 is 24.5. The SMILES string of the molecule is Cc1cccc2ncc(C(=O)N3CCCC(CS(C)(=O)=O)C3)c(=O)n12. The summed E-state index contributed by atoms with van der Waals surface area (Å²) in [4.78, 5) is 31.3. The number of likely N-dealkylation sites (tertiary alicyclic amines) is 1. The van der Waals surface area contributed by atoms with Crippen molar-refractivity contribution in [2.24, 2.45) is 5.92 Å². The van der Waals surface area contributed by atoms with E-state index < -0.39 is 15.4 Å². The van der Waals surface area contributed by atoms with Crippen molar-refractivity contribution in [3.8, 4) is 0 Å². The van der Waals surface area contributed by atoms with E-state index >= 15 is 0 Å². The highest BCUT2D eigenvalue weighted by atomic mass is 32.2. The number of sulfone groups is 1. The van der Waals surface area contributed by atoms with Gasteiger partial charge in [-0.2, -0.15) is 0 Å². The summed E-state index contributed by atoms with van der Waals surface area (Å²) in [6.45, 7) is 2.66. The Bertz CT molecular complexity index is 981. The molecule has 8 heteroatoms. The van der Waals surface area contributed by atoms with Gasteiger partial charge < -0.3 is 4.90 Å². The molecule has 0 N–H and O–H groups in total. The third-order valence-electron chi connectivity index (χ3n) is 4.50. The predicted molar refractivity (Wildman–Crippen MR) is 94.5 cm³/mol. The first kappa shape index (κ1) is 17.6. The van der Waals surface area contributed by atoms with Crippen LogP contribution in [-0.4, -0.2) is 53.7 Å². The van der Waals surface area contributed by atoms with E-state index in [1.807, 2.05) is 0 Å². The number of hydrogen-bond donors (Lipinski definition) is 0. The van der Waals surface area contributed by atoms with E-state index in [9.17, 15) is 18.0 Å². The topological polar surface area (TPSA) is 88.8 Å². The summed E-state index contributed by atoms with van der Waals surface area (Å²) >= 11 is 0. The number of carbonyl (C=O) groups is 1. The number of carbonyl (C=O) groups excluding carboxylic acids is 1. The van der Waals surface area contributed by atoms with Crippen molar-refractivity contribution in [1.29, 1.82) is 0 Å². The number of nitrogens with zero attached hydrogens (tertiary/aromatic N) is 3. The van der Waals surface area contributed by atoms with Crippen molar-refractivity contribution in [3.63, 3.8) is 0 Å². The summed E-state index contributed by atoms with van der Waals surface area (Å²) in [7, 11) is -3.10. The first-order valence-electron chi connectivity index (χ1n) is 8.20. The fourth-order valence-corrected chi connectivity index (χ4v) is 4.53. The van der Waals surface area contributed by atoms with Crippen LogP contribution >= 0.6 is 0 Å². The van der Waals surface area contributed by atoms with Gasteiger partial charge >= 0.3 is 0 Å². The molecule has 0 saturated carbocycles. The van der Waals surface area contributed by atoms with Crippen LogP contribution in [0.2, 0.25) is 0 Å². The largest absolute Gasteiger partial charge is 0.338 e. The molecule has 1 aliphatic rings. The third kappa shape index (κ3) is 3.73. The average molecular weight is 363 g/mol. The molecule has 2 aromatic rings. The van der Waals surface area contributed by atoms with Gasteiger partial charge in [0.15, 0.2) is 0 Å². The Morgan fingerprint density at radius 3 is 2.84 bits per heavy atom. The molecule has 0 aliphatic carbocycles. The second kappa shape index (κ2) is 6.59. The van der Waals surface area contributed by atoms with Gasteiger partial charge in [0.25, 0.3) is 11.5 Å². The van der Waals surface area contributed by atoms with Crippen molar-refractivity contribution in [2.45, 2.75) is 19.8 Å². The minimum absolute atomic E-state index is 0.0202. The second-order valence-corrected chi connectivity index (χ2v) is 8.87. The highest BCUT2D eigenvalue weighted by Crippen LogP contribution is 2.19. The third-order valence-corrected chi connectivity index (χ3v) is 5.58. The normalized spacial score (nSPS) is 18.5. The molecule has 3 rings (SSSR count). The van der Waals surface area contributed by atoms with Crippen LogP contribution in [0.3, 0.4) is 0 Å². The van der Waals surface area contributed by atoms with E-state index in [2.05, 4.69) is 4.98 Å². The number of piperidine rings is 1. The zero-order valence-electron chi connectivity index (χ0n) is 14.3. The molecule has 1 unspecified atom stereocenters. The lowest BCUT2D eigenvalue weighted by Gasteiger charge is -2.32. The smallest absolute Gasteiger partial charge is 0.270 e. The number of rotatable bonds is 3. The lowest BCUT2D eigenvalue weighted by molar-refractivity contribution is 0.0682. The molecule has 0 aromatic carbocycles. The average Bonchev–Trinajstić information content (AvgIpc) is 2.53. The number of hydrogen-bond acceptors (Lipinski definition) is 5. The van der Waals surface area contributed by atoms with E-state index in [0.717, 1.165) is 12.8 Å². The van der Waals surface area contributed by atoms with E-state index in [1.54, 1.807) is 30.0 Å². The van der Waals surface area contributed by atoms with Crippen LogP contribution in [0.5, 0.6) is 0 Å². The van der Waals surface area contributed by atoms with Crippen LogP contribution in [0.1, 0.15) is 28.9 Å². The van der Waals surface area contributed by atoms with Crippen molar-refractivity contribution < 1.29 is 13.2 Å². The molecule has 1 fully saturated rings. The summed E-state index contributed by atoms with van der Waals surface area (Å²) in [5.74, 6) is -0.413. The molecule has 3 heterocycles. The van der Waals surface area contributed by atoms with Gasteiger partial charge in [0.05, 0.1) is 5.75 Å². The van der Waals surface area contributed by atoms with Crippen LogP contribution in [0, 0.1) is 12.8 Å². The van der Waals surface area contributed by atoms with Crippen LogP contribution in [0.15, 0.2) is 29.2 Å². The molecule has 1 saturated heterocycles. The van der Waals surface area contributed by atoms with Crippen LogP contribution < -0.4 is 5.56 Å². The van der Waals surface area contributed by atoms with Crippen LogP contribution in [-0.2, 0) is 9.84 Å². The quantitative estimate of drug-likeness (QED) is 0.808. The van der Waals surface area contributed by atoms with Gasteiger partial charge in [-0.1, -0.05) is 6.07 Å². The summed E-state index contributed by atoms with van der Waals surface area (Å²) in [6, 6.07) is 5.30. The van der Waals surface area contributed by atoms with Crippen molar-refractivity contribution in [1.82, 2.24) is 14.3 Å². The Balaban J connectivity index is 1.90. The predicted octanol–water partition coefficient (Wildman–Crippen LogP) is 0.900. The van der Waals surface area contributed by atoms with Gasteiger partial charge in [0.2, 0.25) is 0 Å². The Labute approximate surface area is 146 Å². The number of aromatic nitrogens is 2. The van der Waals surface area contributed by atoms with Gasteiger partial charge in [0, 0.05) is 31.2 Å². The van der Waals surface area contributed by atoms with E-state index in [1.165, 1.54) is 16.9 Å². The summed E-state index contributed by atoms with van der Waals surface area (Å²) in [6.07, 6.45) is 4.02. The van der Waals surface area contributed by atoms with Gasteiger partial charge in [-0.15, -0.1) is 0 Å². The highest BCUT2D eigenvalue weighted by Gasteiger charge is 2.28. The molecule has 2 aromatic heterocycles. The van der Waals surface area contributed by atoms with Crippen molar-refractivity contribution >= 4 is 21.4 Å². The fourth-order valence-electron chi connectivity index (χ4n) is 3.41. The Morgan fingerprint density at radius 1 is 1.36 bits per heavy atom. The standard InChI is InChI=1S/C17H21N3O4S/c1-12-5-3-7-15-18-9-14(17(22)20(12)15)16(21)19-8-4-6-13(10-19)11-25(2,23)24/h3,5,7,9,13H,4,6,8,10-11H2,1-2H3. The minimum atomic E-state index is -3.10. The van der Waals surface area contributed by atoms with Crippen LogP contribution in [0.4, 0.5) is 0 Å². The Kier molecular flexibility index (Phi) is 4.64. The lowest BCUT2D eigenvalue weighted by Crippen LogP contribution is -2.43. The fraction of sp³-hybridized carbons (Fsp3) is 0.471. The zero-order valence-corrected chi connectivity index (χ0v) is 15.1. The van der Waals surface area contributed by atoms with Gasteiger partial charge in [-0.25, -0.2) is 13.4 Å². The zero-order chi connectivity index (χ0) is 18.2. The molecule has 1 amide bonds.